The summed E-state index contributed by atoms with van der Waals surface area (Å²) in [4.78, 5) is 2.72. The third-order valence-electron chi connectivity index (χ3n) is 4.61. The summed E-state index contributed by atoms with van der Waals surface area (Å²) in [6, 6.07) is 0.731. The van der Waals surface area contributed by atoms with Gasteiger partial charge < -0.3 is 5.73 Å². The zero-order valence-electron chi connectivity index (χ0n) is 11.0. The van der Waals surface area contributed by atoms with Crippen molar-refractivity contribution in [2.45, 2.75) is 70.4 Å². The number of rotatable bonds is 4. The molecule has 2 unspecified atom stereocenters. The second kappa shape index (κ2) is 5.05. The minimum Gasteiger partial charge on any atom is -0.329 e. The van der Waals surface area contributed by atoms with Gasteiger partial charge in [-0.05, 0) is 45.6 Å². The van der Waals surface area contributed by atoms with Gasteiger partial charge in [-0.2, -0.15) is 0 Å². The van der Waals surface area contributed by atoms with Crippen LogP contribution in [0.4, 0.5) is 0 Å². The third kappa shape index (κ3) is 2.78. The molecule has 2 aliphatic rings. The molecule has 1 heterocycles. The summed E-state index contributed by atoms with van der Waals surface area (Å²) < 4.78 is 0. The zero-order valence-corrected chi connectivity index (χ0v) is 11.0. The van der Waals surface area contributed by atoms with Crippen LogP contribution in [0.1, 0.15) is 58.8 Å². The van der Waals surface area contributed by atoms with Crippen molar-refractivity contribution in [3.05, 3.63) is 0 Å². The van der Waals surface area contributed by atoms with Crippen LogP contribution in [-0.4, -0.2) is 29.6 Å². The van der Waals surface area contributed by atoms with E-state index >= 15 is 0 Å². The second-order valence-corrected chi connectivity index (χ2v) is 6.24. The van der Waals surface area contributed by atoms with Crippen molar-refractivity contribution in [2.24, 2.45) is 11.7 Å². The van der Waals surface area contributed by atoms with Crippen LogP contribution in [0.2, 0.25) is 0 Å². The zero-order chi connectivity index (χ0) is 11.6. The molecule has 16 heavy (non-hydrogen) atoms. The Kier molecular flexibility index (Phi) is 3.91. The second-order valence-electron chi connectivity index (χ2n) is 6.24. The lowest BCUT2D eigenvalue weighted by atomic mass is 9.90. The van der Waals surface area contributed by atoms with Gasteiger partial charge in [0.1, 0.15) is 0 Å². The molecule has 1 saturated heterocycles. The fraction of sp³-hybridized carbons (Fsp3) is 1.00. The molecule has 2 atom stereocenters. The first-order valence-corrected chi connectivity index (χ1v) is 7.12. The lowest BCUT2D eigenvalue weighted by Crippen LogP contribution is -2.55. The first-order chi connectivity index (χ1) is 7.65. The van der Waals surface area contributed by atoms with Gasteiger partial charge in [0.15, 0.2) is 0 Å². The van der Waals surface area contributed by atoms with Crippen LogP contribution in [0.25, 0.3) is 0 Å². The molecule has 94 valence electrons. The van der Waals surface area contributed by atoms with Crippen LogP contribution in [-0.2, 0) is 0 Å². The van der Waals surface area contributed by atoms with Crippen LogP contribution in [0.3, 0.4) is 0 Å². The van der Waals surface area contributed by atoms with Crippen LogP contribution in [0.15, 0.2) is 0 Å². The van der Waals surface area contributed by atoms with Gasteiger partial charge in [-0.15, -0.1) is 0 Å². The quantitative estimate of drug-likeness (QED) is 0.795. The van der Waals surface area contributed by atoms with Crippen molar-refractivity contribution in [1.29, 1.82) is 0 Å². The van der Waals surface area contributed by atoms with E-state index in [0.29, 0.717) is 0 Å². The highest BCUT2D eigenvalue weighted by atomic mass is 15.2. The van der Waals surface area contributed by atoms with Gasteiger partial charge in [0.2, 0.25) is 0 Å². The average molecular weight is 224 g/mol. The molecule has 1 saturated carbocycles. The molecule has 0 aromatic heterocycles. The Morgan fingerprint density at radius 3 is 2.56 bits per heavy atom. The standard InChI is InChI=1S/C14H28N2/c1-12-6-4-3-5-9-16(12)14(2,11-15)10-13-7-8-13/h12-13H,3-11,15H2,1-2H3. The largest absolute Gasteiger partial charge is 0.329 e. The minimum absolute atomic E-state index is 0.269. The van der Waals surface area contributed by atoms with Crippen molar-refractivity contribution in [3.8, 4) is 0 Å². The van der Waals surface area contributed by atoms with Gasteiger partial charge in [0, 0.05) is 18.1 Å². The van der Waals surface area contributed by atoms with E-state index in [4.69, 9.17) is 5.73 Å². The van der Waals surface area contributed by atoms with E-state index in [1.807, 2.05) is 0 Å². The molecule has 2 fully saturated rings. The Bertz CT molecular complexity index is 225. The Labute approximate surface area is 101 Å². The first kappa shape index (κ1) is 12.4. The van der Waals surface area contributed by atoms with Crippen molar-refractivity contribution in [2.75, 3.05) is 13.1 Å². The predicted octanol–water partition coefficient (Wildman–Crippen LogP) is 2.77. The van der Waals surface area contributed by atoms with E-state index in [0.717, 1.165) is 18.5 Å². The van der Waals surface area contributed by atoms with Crippen LogP contribution in [0.5, 0.6) is 0 Å². The molecule has 0 bridgehead atoms. The molecule has 0 aromatic rings. The molecule has 1 aliphatic heterocycles. The highest BCUT2D eigenvalue weighted by molar-refractivity contribution is 4.95. The van der Waals surface area contributed by atoms with Crippen molar-refractivity contribution in [1.82, 2.24) is 4.90 Å². The molecule has 2 heteroatoms. The average Bonchev–Trinajstić information content (AvgIpc) is 3.06. The number of likely N-dealkylation sites (tertiary alicyclic amines) is 1. The number of hydrogen-bond acceptors (Lipinski definition) is 2. The molecule has 2 rings (SSSR count). The maximum Gasteiger partial charge on any atom is 0.0309 e. The first-order valence-electron chi connectivity index (χ1n) is 7.12. The monoisotopic (exact) mass is 224 g/mol. The number of nitrogens with zero attached hydrogens (tertiary/aromatic N) is 1. The van der Waals surface area contributed by atoms with Crippen molar-refractivity contribution >= 4 is 0 Å². The van der Waals surface area contributed by atoms with Crippen LogP contribution >= 0.6 is 0 Å². The van der Waals surface area contributed by atoms with Crippen molar-refractivity contribution in [3.63, 3.8) is 0 Å². The van der Waals surface area contributed by atoms with E-state index < -0.39 is 0 Å². The van der Waals surface area contributed by atoms with E-state index in [9.17, 15) is 0 Å². The maximum absolute atomic E-state index is 6.09. The summed E-state index contributed by atoms with van der Waals surface area (Å²) in [6.07, 6.45) is 9.75. The van der Waals surface area contributed by atoms with E-state index in [-0.39, 0.29) is 5.54 Å². The lowest BCUT2D eigenvalue weighted by molar-refractivity contribution is 0.0595. The normalized spacial score (nSPS) is 32.1. The minimum atomic E-state index is 0.269. The topological polar surface area (TPSA) is 29.3 Å². The van der Waals surface area contributed by atoms with Gasteiger partial charge >= 0.3 is 0 Å². The van der Waals surface area contributed by atoms with E-state index in [1.54, 1.807) is 0 Å². The molecular weight excluding hydrogens is 196 g/mol. The molecule has 2 nitrogen and oxygen atoms in total. The summed E-state index contributed by atoms with van der Waals surface area (Å²) in [5.74, 6) is 0.976. The molecule has 0 amide bonds. The lowest BCUT2D eigenvalue weighted by Gasteiger charge is -2.44. The van der Waals surface area contributed by atoms with Gasteiger partial charge in [-0.3, -0.25) is 4.90 Å². The summed E-state index contributed by atoms with van der Waals surface area (Å²) in [6.45, 7) is 6.88. The molecule has 2 N–H and O–H groups in total. The summed E-state index contributed by atoms with van der Waals surface area (Å²) in [7, 11) is 0. The van der Waals surface area contributed by atoms with Gasteiger partial charge in [0.25, 0.3) is 0 Å². The van der Waals surface area contributed by atoms with Crippen molar-refractivity contribution < 1.29 is 0 Å². The molecule has 0 aromatic carbocycles. The van der Waals surface area contributed by atoms with Crippen LogP contribution in [0, 0.1) is 5.92 Å². The fourth-order valence-corrected chi connectivity index (χ4v) is 3.34. The Balaban J connectivity index is 2.03. The maximum atomic E-state index is 6.09. The summed E-state index contributed by atoms with van der Waals surface area (Å²) >= 11 is 0. The molecular formula is C14H28N2. The smallest absolute Gasteiger partial charge is 0.0309 e. The Morgan fingerprint density at radius 2 is 1.94 bits per heavy atom. The van der Waals surface area contributed by atoms with Crippen LogP contribution < -0.4 is 5.73 Å². The predicted molar refractivity (Wildman–Crippen MR) is 69.4 cm³/mol. The molecule has 0 spiro atoms. The van der Waals surface area contributed by atoms with E-state index in [2.05, 4.69) is 18.7 Å². The SMILES string of the molecule is CC1CCCCCN1C(C)(CN)CC1CC1. The fourth-order valence-electron chi connectivity index (χ4n) is 3.34. The number of nitrogens with two attached hydrogens (primary N) is 1. The van der Waals surface area contributed by atoms with Gasteiger partial charge in [-0.1, -0.05) is 25.7 Å². The summed E-state index contributed by atoms with van der Waals surface area (Å²) in [5, 5.41) is 0. The highest BCUT2D eigenvalue weighted by Crippen LogP contribution is 2.40. The molecule has 0 radical (unpaired) electrons. The van der Waals surface area contributed by atoms with Gasteiger partial charge in [0.05, 0.1) is 0 Å². The summed E-state index contributed by atoms with van der Waals surface area (Å²) in [5.41, 5.74) is 6.35. The molecule has 1 aliphatic carbocycles. The Morgan fingerprint density at radius 1 is 1.19 bits per heavy atom. The number of hydrogen-bond donors (Lipinski definition) is 1. The highest BCUT2D eigenvalue weighted by Gasteiger charge is 2.38. The Hall–Kier alpha value is -0.0800. The van der Waals surface area contributed by atoms with Gasteiger partial charge in [-0.25, -0.2) is 0 Å². The van der Waals surface area contributed by atoms with E-state index in [1.165, 1.54) is 51.5 Å². The third-order valence-corrected chi connectivity index (χ3v) is 4.61.